The molecule has 0 saturated carbocycles. The number of halogens is 1. The summed E-state index contributed by atoms with van der Waals surface area (Å²) >= 11 is 0. The normalized spacial score (nSPS) is 10.5. The summed E-state index contributed by atoms with van der Waals surface area (Å²) in [6.07, 6.45) is 3.36. The molecule has 0 nitrogen and oxygen atoms in total. The minimum atomic E-state index is 0.162. The van der Waals surface area contributed by atoms with Gasteiger partial charge in [-0.1, -0.05) is 26.7 Å². The Hall–Kier alpha value is -0.0700. The van der Waals surface area contributed by atoms with Gasteiger partial charge in [0.2, 0.25) is 0 Å². The summed E-state index contributed by atoms with van der Waals surface area (Å²) < 4.78 is 12.3. The summed E-state index contributed by atoms with van der Waals surface area (Å²) in [5.74, 6) is 0. The van der Waals surface area contributed by atoms with E-state index in [2.05, 4.69) is 0 Å². The van der Waals surface area contributed by atoms with E-state index in [1.165, 1.54) is 0 Å². The summed E-state index contributed by atoms with van der Waals surface area (Å²) in [4.78, 5) is 0. The molecular formula is C7H14F. The second-order valence-electron chi connectivity index (χ2n) is 2.02. The van der Waals surface area contributed by atoms with Crippen LogP contribution in [0, 0.1) is 6.17 Å². The lowest BCUT2D eigenvalue weighted by Gasteiger charge is -1.99. The molecule has 49 valence electrons. The van der Waals surface area contributed by atoms with E-state index in [0.29, 0.717) is 12.8 Å². The molecule has 0 rings (SSSR count). The van der Waals surface area contributed by atoms with Gasteiger partial charge in [-0.3, -0.25) is 0 Å². The van der Waals surface area contributed by atoms with Crippen LogP contribution in [0.3, 0.4) is 0 Å². The molecule has 0 bridgehead atoms. The van der Waals surface area contributed by atoms with Crippen LogP contribution in [-0.2, 0) is 0 Å². The van der Waals surface area contributed by atoms with Crippen LogP contribution in [0.1, 0.15) is 39.5 Å². The quantitative estimate of drug-likeness (QED) is 0.530. The first-order valence-electron chi connectivity index (χ1n) is 3.31. The van der Waals surface area contributed by atoms with Crippen molar-refractivity contribution in [2.75, 3.05) is 0 Å². The summed E-state index contributed by atoms with van der Waals surface area (Å²) in [6.45, 7) is 3.99. The number of rotatable bonds is 4. The summed E-state index contributed by atoms with van der Waals surface area (Å²) in [5, 5.41) is 0. The van der Waals surface area contributed by atoms with Gasteiger partial charge in [0.05, 0.1) is 0 Å². The molecule has 0 aromatic carbocycles. The average Bonchev–Trinajstić information content (AvgIpc) is 1.68. The molecule has 0 unspecified atom stereocenters. The minimum Gasteiger partial charge on any atom is -0.240 e. The Morgan fingerprint density at radius 2 is 1.50 bits per heavy atom. The van der Waals surface area contributed by atoms with Crippen molar-refractivity contribution in [3.63, 3.8) is 0 Å². The zero-order valence-electron chi connectivity index (χ0n) is 5.71. The van der Waals surface area contributed by atoms with Crippen LogP contribution in [0.25, 0.3) is 0 Å². The molecule has 1 heteroatoms. The van der Waals surface area contributed by atoms with E-state index in [1.54, 1.807) is 0 Å². The van der Waals surface area contributed by atoms with E-state index in [4.69, 9.17) is 0 Å². The molecule has 0 aliphatic carbocycles. The van der Waals surface area contributed by atoms with Crippen molar-refractivity contribution in [3.8, 4) is 0 Å². The molecule has 0 amide bonds. The van der Waals surface area contributed by atoms with Crippen LogP contribution in [0.2, 0.25) is 0 Å². The van der Waals surface area contributed by atoms with Crippen LogP contribution in [-0.4, -0.2) is 0 Å². The van der Waals surface area contributed by atoms with Gasteiger partial charge >= 0.3 is 0 Å². The highest BCUT2D eigenvalue weighted by Gasteiger charge is 2.02. The highest BCUT2D eigenvalue weighted by Crippen LogP contribution is 2.15. The Morgan fingerprint density at radius 3 is 1.75 bits per heavy atom. The van der Waals surface area contributed by atoms with Gasteiger partial charge in [-0.25, -0.2) is 4.39 Å². The molecular weight excluding hydrogens is 103 g/mol. The van der Waals surface area contributed by atoms with Gasteiger partial charge in [0.1, 0.15) is 6.17 Å². The van der Waals surface area contributed by atoms with Crippen molar-refractivity contribution in [3.05, 3.63) is 6.17 Å². The minimum absolute atomic E-state index is 0.162. The molecule has 0 N–H and O–H groups in total. The fraction of sp³-hybridized carbons (Fsp3) is 0.857. The predicted octanol–water partition coefficient (Wildman–Crippen LogP) is 3.09. The molecule has 8 heavy (non-hydrogen) atoms. The molecule has 0 saturated heterocycles. The Balaban J connectivity index is 2.92. The molecule has 0 aliphatic heterocycles. The molecule has 0 fully saturated rings. The summed E-state index contributed by atoms with van der Waals surface area (Å²) in [5.41, 5.74) is 0. The Labute approximate surface area is 51.1 Å². The first-order valence-corrected chi connectivity index (χ1v) is 3.31. The fourth-order valence-electron chi connectivity index (χ4n) is 0.668. The van der Waals surface area contributed by atoms with Gasteiger partial charge in [0.15, 0.2) is 0 Å². The lowest BCUT2D eigenvalue weighted by molar-refractivity contribution is 0.421. The molecule has 0 atom stereocenters. The molecule has 0 aliphatic rings. The van der Waals surface area contributed by atoms with Gasteiger partial charge in [-0.15, -0.1) is 0 Å². The lowest BCUT2D eigenvalue weighted by Crippen LogP contribution is -1.86. The lowest BCUT2D eigenvalue weighted by atomic mass is 10.1. The van der Waals surface area contributed by atoms with Crippen molar-refractivity contribution in [1.29, 1.82) is 0 Å². The largest absolute Gasteiger partial charge is 0.240 e. The third-order valence-electron chi connectivity index (χ3n) is 1.04. The van der Waals surface area contributed by atoms with Gasteiger partial charge < -0.3 is 0 Å². The smallest absolute Gasteiger partial charge is 0.144 e. The van der Waals surface area contributed by atoms with Crippen molar-refractivity contribution in [2.24, 2.45) is 0 Å². The third kappa shape index (κ3) is 4.10. The Kier molecular flexibility index (Phi) is 5.03. The summed E-state index contributed by atoms with van der Waals surface area (Å²) in [6, 6.07) is 0. The van der Waals surface area contributed by atoms with E-state index in [1.807, 2.05) is 13.8 Å². The van der Waals surface area contributed by atoms with Crippen LogP contribution in [0.4, 0.5) is 4.39 Å². The zero-order valence-corrected chi connectivity index (χ0v) is 5.71. The standard InChI is InChI=1S/C7H14F/c1-3-5-7(8)6-4-2/h3-6H2,1-2H3. The molecule has 0 aromatic rings. The average molecular weight is 117 g/mol. The van der Waals surface area contributed by atoms with Crippen molar-refractivity contribution < 1.29 is 4.39 Å². The third-order valence-corrected chi connectivity index (χ3v) is 1.04. The van der Waals surface area contributed by atoms with E-state index in [9.17, 15) is 4.39 Å². The van der Waals surface area contributed by atoms with E-state index in [-0.39, 0.29) is 6.17 Å². The maximum Gasteiger partial charge on any atom is 0.144 e. The highest BCUT2D eigenvalue weighted by molar-refractivity contribution is 4.73. The second-order valence-corrected chi connectivity index (χ2v) is 2.02. The van der Waals surface area contributed by atoms with Gasteiger partial charge in [0.25, 0.3) is 0 Å². The monoisotopic (exact) mass is 117 g/mol. The first-order chi connectivity index (χ1) is 3.81. The fourth-order valence-corrected chi connectivity index (χ4v) is 0.668. The molecule has 0 aromatic heterocycles. The number of hydrogen-bond donors (Lipinski definition) is 0. The Morgan fingerprint density at radius 1 is 1.12 bits per heavy atom. The van der Waals surface area contributed by atoms with Crippen LogP contribution in [0.5, 0.6) is 0 Å². The molecule has 0 heterocycles. The van der Waals surface area contributed by atoms with Gasteiger partial charge in [-0.2, -0.15) is 0 Å². The van der Waals surface area contributed by atoms with Crippen molar-refractivity contribution >= 4 is 0 Å². The van der Waals surface area contributed by atoms with Gasteiger partial charge in [-0.05, 0) is 12.8 Å². The molecule has 1 radical (unpaired) electrons. The topological polar surface area (TPSA) is 0 Å². The molecule has 0 spiro atoms. The van der Waals surface area contributed by atoms with Gasteiger partial charge in [0, 0.05) is 0 Å². The Bertz CT molecular complexity index is 37.7. The summed E-state index contributed by atoms with van der Waals surface area (Å²) in [7, 11) is 0. The van der Waals surface area contributed by atoms with Crippen molar-refractivity contribution in [2.45, 2.75) is 39.5 Å². The van der Waals surface area contributed by atoms with Crippen LogP contribution < -0.4 is 0 Å². The highest BCUT2D eigenvalue weighted by atomic mass is 19.1. The SMILES string of the molecule is CCC[C](F)CCC. The first kappa shape index (κ1) is 7.93. The van der Waals surface area contributed by atoms with E-state index < -0.39 is 0 Å². The predicted molar refractivity (Wildman–Crippen MR) is 34.2 cm³/mol. The van der Waals surface area contributed by atoms with E-state index in [0.717, 1.165) is 12.8 Å². The zero-order chi connectivity index (χ0) is 6.41. The maximum absolute atomic E-state index is 12.3. The van der Waals surface area contributed by atoms with Crippen LogP contribution >= 0.6 is 0 Å². The second kappa shape index (κ2) is 5.07. The van der Waals surface area contributed by atoms with E-state index >= 15 is 0 Å². The van der Waals surface area contributed by atoms with Crippen LogP contribution in [0.15, 0.2) is 0 Å². The van der Waals surface area contributed by atoms with Crippen molar-refractivity contribution in [1.82, 2.24) is 0 Å². The maximum atomic E-state index is 12.3. The number of hydrogen-bond acceptors (Lipinski definition) is 0.